The molecule has 0 radical (unpaired) electrons. The average Bonchev–Trinajstić information content (AvgIpc) is 2.74. The lowest BCUT2D eigenvalue weighted by Crippen LogP contribution is -2.07. The van der Waals surface area contributed by atoms with Crippen LogP contribution < -0.4 is 4.74 Å². The van der Waals surface area contributed by atoms with E-state index in [-0.39, 0.29) is 0 Å². The maximum absolute atomic E-state index is 5.73. The molecular weight excluding hydrogens is 330 g/mol. The molecule has 0 saturated heterocycles. The lowest BCUT2D eigenvalue weighted by Gasteiger charge is -2.08. The van der Waals surface area contributed by atoms with Gasteiger partial charge in [0.1, 0.15) is 17.0 Å². The number of fused-ring (bicyclic) bond motifs is 3. The van der Waals surface area contributed by atoms with Gasteiger partial charge in [0, 0.05) is 11.8 Å². The molecule has 0 fully saturated rings. The van der Waals surface area contributed by atoms with Crippen LogP contribution >= 0.6 is 15.9 Å². The zero-order chi connectivity index (χ0) is 14.2. The highest BCUT2D eigenvalue weighted by Crippen LogP contribution is 2.37. The first kappa shape index (κ1) is 12.6. The van der Waals surface area contributed by atoms with Crippen molar-refractivity contribution < 1.29 is 4.74 Å². The average molecular weight is 342 g/mol. The van der Waals surface area contributed by atoms with Gasteiger partial charge < -0.3 is 9.30 Å². The zero-order valence-corrected chi connectivity index (χ0v) is 12.7. The fourth-order valence-corrected chi connectivity index (χ4v) is 3.24. The van der Waals surface area contributed by atoms with Crippen LogP contribution in [0.5, 0.6) is 5.88 Å². The third-order valence-electron chi connectivity index (χ3n) is 3.54. The molecule has 0 bridgehead atoms. The monoisotopic (exact) mass is 341 g/mol. The fourth-order valence-electron chi connectivity index (χ4n) is 2.63. The summed E-state index contributed by atoms with van der Waals surface area (Å²) in [5.41, 5.74) is 3.14. The molecule has 1 aliphatic rings. The topological polar surface area (TPSA) is 39.9 Å². The highest BCUT2D eigenvalue weighted by Gasteiger charge is 2.23. The molecule has 21 heavy (non-hydrogen) atoms. The third-order valence-corrected chi connectivity index (χ3v) is 4.09. The fraction of sp³-hybridized carbons (Fsp3) is 0.125. The maximum Gasteiger partial charge on any atom is 0.224 e. The van der Waals surface area contributed by atoms with Gasteiger partial charge in [0.25, 0.3) is 0 Å². The van der Waals surface area contributed by atoms with Crippen molar-refractivity contribution in [2.75, 3.05) is 6.61 Å². The minimum Gasteiger partial charge on any atom is -0.475 e. The van der Waals surface area contributed by atoms with E-state index in [2.05, 4.69) is 42.6 Å². The van der Waals surface area contributed by atoms with Gasteiger partial charge in [-0.15, -0.1) is 0 Å². The van der Waals surface area contributed by atoms with Crippen molar-refractivity contribution in [3.63, 3.8) is 0 Å². The predicted molar refractivity (Wildman–Crippen MR) is 84.1 cm³/mol. The largest absolute Gasteiger partial charge is 0.475 e. The van der Waals surface area contributed by atoms with Crippen molar-refractivity contribution in [3.05, 3.63) is 53.3 Å². The number of benzene rings is 1. The van der Waals surface area contributed by atoms with Crippen LogP contribution in [-0.4, -0.2) is 21.1 Å². The Morgan fingerprint density at radius 2 is 1.95 bits per heavy atom. The van der Waals surface area contributed by atoms with Crippen LogP contribution in [-0.2, 0) is 6.54 Å². The zero-order valence-electron chi connectivity index (χ0n) is 11.2. The van der Waals surface area contributed by atoms with E-state index >= 15 is 0 Å². The number of hydrogen-bond acceptors (Lipinski definition) is 3. The summed E-state index contributed by atoms with van der Waals surface area (Å²) in [5.74, 6) is 1.54. The maximum atomic E-state index is 5.73. The van der Waals surface area contributed by atoms with Crippen molar-refractivity contribution in [3.8, 4) is 28.5 Å². The number of hydrogen-bond donors (Lipinski definition) is 0. The highest BCUT2D eigenvalue weighted by molar-refractivity contribution is 9.10. The number of halogens is 1. The molecule has 0 N–H and O–H groups in total. The van der Waals surface area contributed by atoms with Crippen LogP contribution in [0.3, 0.4) is 0 Å². The highest BCUT2D eigenvalue weighted by atomic mass is 79.9. The van der Waals surface area contributed by atoms with Gasteiger partial charge in [-0.05, 0) is 28.1 Å². The molecule has 2 aromatic heterocycles. The normalized spacial score (nSPS) is 13.0. The summed E-state index contributed by atoms with van der Waals surface area (Å²) in [7, 11) is 0. The van der Waals surface area contributed by atoms with Crippen LogP contribution in [0.4, 0.5) is 0 Å². The molecular formula is C16H12BrN3O. The first-order chi connectivity index (χ1) is 10.3. The second-order valence-corrected chi connectivity index (χ2v) is 5.55. The van der Waals surface area contributed by atoms with E-state index in [0.717, 1.165) is 33.8 Å². The molecule has 0 aliphatic carbocycles. The molecule has 0 saturated carbocycles. The number of aromatic nitrogens is 3. The Kier molecular flexibility index (Phi) is 3.00. The van der Waals surface area contributed by atoms with Crippen LogP contribution in [0.1, 0.15) is 0 Å². The van der Waals surface area contributed by atoms with Crippen molar-refractivity contribution in [2.45, 2.75) is 6.54 Å². The lowest BCUT2D eigenvalue weighted by molar-refractivity contribution is 0.296. The molecule has 1 aromatic carbocycles. The molecule has 4 rings (SSSR count). The lowest BCUT2D eigenvalue weighted by atomic mass is 10.1. The Balaban J connectivity index is 1.97. The van der Waals surface area contributed by atoms with E-state index < -0.39 is 0 Å². The Bertz CT molecular complexity index is 799. The van der Waals surface area contributed by atoms with Crippen molar-refractivity contribution in [1.29, 1.82) is 0 Å². The number of pyridine rings is 1. The summed E-state index contributed by atoms with van der Waals surface area (Å²) >= 11 is 3.60. The molecule has 0 amide bonds. The molecule has 4 nitrogen and oxygen atoms in total. The summed E-state index contributed by atoms with van der Waals surface area (Å²) in [6, 6.07) is 14.2. The van der Waals surface area contributed by atoms with Crippen LogP contribution in [0.15, 0.2) is 53.3 Å². The van der Waals surface area contributed by atoms with Gasteiger partial charge in [-0.25, -0.2) is 9.97 Å². The molecule has 104 valence electrons. The first-order valence-electron chi connectivity index (χ1n) is 6.74. The third kappa shape index (κ3) is 2.05. The van der Waals surface area contributed by atoms with E-state index in [1.807, 2.05) is 30.3 Å². The van der Waals surface area contributed by atoms with Gasteiger partial charge in [0.05, 0.1) is 17.8 Å². The smallest absolute Gasteiger partial charge is 0.224 e. The summed E-state index contributed by atoms with van der Waals surface area (Å²) in [4.78, 5) is 8.99. The molecule has 3 heterocycles. The second-order valence-electron chi connectivity index (χ2n) is 4.80. The van der Waals surface area contributed by atoms with Gasteiger partial charge in [-0.2, -0.15) is 0 Å². The van der Waals surface area contributed by atoms with Gasteiger partial charge >= 0.3 is 0 Å². The predicted octanol–water partition coefficient (Wildman–Crippen LogP) is 3.77. The minimum atomic E-state index is 0.583. The van der Waals surface area contributed by atoms with E-state index in [1.54, 1.807) is 6.20 Å². The standard InChI is InChI=1S/C16H12BrN3O/c17-14-13(11-5-2-1-3-6-11)20-9-10-21-16-12(15(20)19-14)7-4-8-18-16/h1-8H,9-10H2. The Labute approximate surface area is 130 Å². The van der Waals surface area contributed by atoms with Crippen molar-refractivity contribution in [2.24, 2.45) is 0 Å². The number of nitrogens with zero attached hydrogens (tertiary/aromatic N) is 3. The second kappa shape index (κ2) is 5.00. The molecule has 5 heteroatoms. The molecule has 1 aliphatic heterocycles. The Morgan fingerprint density at radius 3 is 2.81 bits per heavy atom. The van der Waals surface area contributed by atoms with Crippen molar-refractivity contribution >= 4 is 15.9 Å². The summed E-state index contributed by atoms with van der Waals surface area (Å²) < 4.78 is 8.77. The number of ether oxygens (including phenoxy) is 1. The summed E-state index contributed by atoms with van der Waals surface area (Å²) in [6.07, 6.45) is 1.74. The van der Waals surface area contributed by atoms with Gasteiger partial charge in [-0.3, -0.25) is 0 Å². The van der Waals surface area contributed by atoms with E-state index in [4.69, 9.17) is 4.74 Å². The summed E-state index contributed by atoms with van der Waals surface area (Å²) in [5, 5.41) is 0. The minimum absolute atomic E-state index is 0.583. The molecule has 0 unspecified atom stereocenters. The van der Waals surface area contributed by atoms with Gasteiger partial charge in [0.2, 0.25) is 5.88 Å². The molecule has 0 spiro atoms. The van der Waals surface area contributed by atoms with E-state index in [9.17, 15) is 0 Å². The van der Waals surface area contributed by atoms with Crippen LogP contribution in [0, 0.1) is 0 Å². The van der Waals surface area contributed by atoms with Gasteiger partial charge in [-0.1, -0.05) is 30.3 Å². The number of rotatable bonds is 1. The molecule has 0 atom stereocenters. The molecule has 3 aromatic rings. The Hall–Kier alpha value is -2.14. The van der Waals surface area contributed by atoms with Crippen molar-refractivity contribution in [1.82, 2.24) is 14.5 Å². The van der Waals surface area contributed by atoms with Crippen LogP contribution in [0.25, 0.3) is 22.6 Å². The first-order valence-corrected chi connectivity index (χ1v) is 7.53. The van der Waals surface area contributed by atoms with Crippen LogP contribution in [0.2, 0.25) is 0 Å². The number of imidazole rings is 1. The SMILES string of the molecule is Brc1nc2n(c1-c1ccccc1)CCOc1ncccc1-2. The summed E-state index contributed by atoms with van der Waals surface area (Å²) in [6.45, 7) is 1.33. The van der Waals surface area contributed by atoms with E-state index in [1.165, 1.54) is 0 Å². The van der Waals surface area contributed by atoms with E-state index in [0.29, 0.717) is 12.5 Å². The Morgan fingerprint density at radius 1 is 1.10 bits per heavy atom. The van der Waals surface area contributed by atoms with Gasteiger partial charge in [0.15, 0.2) is 0 Å². The quantitative estimate of drug-likeness (QED) is 0.676.